The maximum atomic E-state index is 5.90. The fraction of sp³-hybridized carbons (Fsp3) is 0.278. The number of ether oxygens (including phenoxy) is 2. The van der Waals surface area contributed by atoms with E-state index in [2.05, 4.69) is 41.5 Å². The third kappa shape index (κ3) is 4.21. The zero-order valence-corrected chi connectivity index (χ0v) is 14.2. The lowest BCUT2D eigenvalue weighted by Crippen LogP contribution is -2.06. The molecule has 3 aromatic rings. The van der Waals surface area contributed by atoms with Gasteiger partial charge in [0.25, 0.3) is 0 Å². The molecule has 0 radical (unpaired) electrons. The average Bonchev–Trinajstić information content (AvgIpc) is 2.95. The second kappa shape index (κ2) is 7.44. The molecule has 0 aliphatic rings. The first kappa shape index (κ1) is 15.8. The van der Waals surface area contributed by atoms with E-state index in [1.165, 1.54) is 11.1 Å². The van der Waals surface area contributed by atoms with Gasteiger partial charge in [-0.15, -0.1) is 0 Å². The van der Waals surface area contributed by atoms with Gasteiger partial charge in [0.15, 0.2) is 5.13 Å². The Balaban J connectivity index is 1.67. The smallest absolute Gasteiger partial charge is 0.183 e. The molecule has 0 unspecified atom stereocenters. The predicted molar refractivity (Wildman–Crippen MR) is 95.5 cm³/mol. The number of hydrogen-bond donors (Lipinski definition) is 1. The SMILES string of the molecule is COCCNc1nc2ccc(OCc3cccc(C)c3)cc2s1. The van der Waals surface area contributed by atoms with E-state index in [1.807, 2.05) is 18.2 Å². The summed E-state index contributed by atoms with van der Waals surface area (Å²) in [5.41, 5.74) is 3.41. The Morgan fingerprint density at radius 3 is 2.91 bits per heavy atom. The van der Waals surface area contributed by atoms with Gasteiger partial charge in [0.2, 0.25) is 0 Å². The molecular weight excluding hydrogens is 308 g/mol. The number of hydrogen-bond acceptors (Lipinski definition) is 5. The minimum absolute atomic E-state index is 0.574. The molecule has 0 saturated heterocycles. The van der Waals surface area contributed by atoms with E-state index in [-0.39, 0.29) is 0 Å². The highest BCUT2D eigenvalue weighted by Crippen LogP contribution is 2.29. The molecule has 3 rings (SSSR count). The highest BCUT2D eigenvalue weighted by molar-refractivity contribution is 7.22. The quantitative estimate of drug-likeness (QED) is 0.659. The van der Waals surface area contributed by atoms with E-state index in [0.717, 1.165) is 27.6 Å². The van der Waals surface area contributed by atoms with Crippen LogP contribution in [0, 0.1) is 6.92 Å². The molecule has 2 aromatic carbocycles. The highest BCUT2D eigenvalue weighted by Gasteiger charge is 2.05. The van der Waals surface area contributed by atoms with Crippen LogP contribution in [0.3, 0.4) is 0 Å². The largest absolute Gasteiger partial charge is 0.489 e. The summed E-state index contributed by atoms with van der Waals surface area (Å²) in [5, 5.41) is 4.17. The maximum Gasteiger partial charge on any atom is 0.183 e. The summed E-state index contributed by atoms with van der Waals surface area (Å²) in [6.45, 7) is 4.09. The Kier molecular flexibility index (Phi) is 5.10. The fourth-order valence-corrected chi connectivity index (χ4v) is 3.22. The molecular formula is C18H20N2O2S. The van der Waals surface area contributed by atoms with Crippen molar-refractivity contribution in [3.63, 3.8) is 0 Å². The molecule has 0 aliphatic heterocycles. The summed E-state index contributed by atoms with van der Waals surface area (Å²) >= 11 is 1.63. The van der Waals surface area contributed by atoms with Crippen LogP contribution in [0.25, 0.3) is 10.2 Å². The lowest BCUT2D eigenvalue weighted by molar-refractivity contribution is 0.211. The Morgan fingerprint density at radius 1 is 1.17 bits per heavy atom. The number of methoxy groups -OCH3 is 1. The minimum atomic E-state index is 0.574. The molecule has 0 fully saturated rings. The third-order valence-electron chi connectivity index (χ3n) is 3.43. The monoisotopic (exact) mass is 328 g/mol. The number of nitrogens with zero attached hydrogens (tertiary/aromatic N) is 1. The number of nitrogens with one attached hydrogen (secondary N) is 1. The number of benzene rings is 2. The van der Waals surface area contributed by atoms with E-state index in [9.17, 15) is 0 Å². The Labute approximate surface area is 140 Å². The minimum Gasteiger partial charge on any atom is -0.489 e. The zero-order valence-electron chi connectivity index (χ0n) is 13.3. The molecule has 1 aromatic heterocycles. The first-order valence-electron chi connectivity index (χ1n) is 7.56. The van der Waals surface area contributed by atoms with Crippen LogP contribution in [-0.4, -0.2) is 25.2 Å². The first-order chi connectivity index (χ1) is 11.2. The van der Waals surface area contributed by atoms with Crippen molar-refractivity contribution in [2.24, 2.45) is 0 Å². The Hall–Kier alpha value is -2.11. The maximum absolute atomic E-state index is 5.90. The van der Waals surface area contributed by atoms with E-state index in [1.54, 1.807) is 18.4 Å². The second-order valence-electron chi connectivity index (χ2n) is 5.35. The van der Waals surface area contributed by atoms with Gasteiger partial charge in [0.05, 0.1) is 16.8 Å². The highest BCUT2D eigenvalue weighted by atomic mass is 32.1. The standard InChI is InChI=1S/C18H20N2O2S/c1-13-4-3-5-14(10-13)12-22-15-6-7-16-17(11-15)23-18(20-16)19-8-9-21-2/h3-7,10-11H,8-9,12H2,1-2H3,(H,19,20). The summed E-state index contributed by atoms with van der Waals surface area (Å²) in [6.07, 6.45) is 0. The first-order valence-corrected chi connectivity index (χ1v) is 8.38. The predicted octanol–water partition coefficient (Wildman–Crippen LogP) is 4.24. The molecule has 1 N–H and O–H groups in total. The lowest BCUT2D eigenvalue weighted by Gasteiger charge is -2.06. The molecule has 0 atom stereocenters. The van der Waals surface area contributed by atoms with Crippen molar-refractivity contribution in [3.05, 3.63) is 53.6 Å². The van der Waals surface area contributed by atoms with Crippen LogP contribution in [0.1, 0.15) is 11.1 Å². The molecule has 4 nitrogen and oxygen atoms in total. The van der Waals surface area contributed by atoms with Crippen LogP contribution in [-0.2, 0) is 11.3 Å². The van der Waals surface area contributed by atoms with Gasteiger partial charge in [-0.1, -0.05) is 41.2 Å². The molecule has 120 valence electrons. The van der Waals surface area contributed by atoms with Crippen LogP contribution >= 0.6 is 11.3 Å². The van der Waals surface area contributed by atoms with E-state index in [0.29, 0.717) is 13.2 Å². The summed E-state index contributed by atoms with van der Waals surface area (Å²) in [5.74, 6) is 0.867. The molecule has 1 heterocycles. The number of thiazole rings is 1. The van der Waals surface area contributed by atoms with Gasteiger partial charge in [-0.3, -0.25) is 0 Å². The molecule has 0 aliphatic carbocycles. The fourth-order valence-electron chi connectivity index (χ4n) is 2.30. The third-order valence-corrected chi connectivity index (χ3v) is 4.41. The van der Waals surface area contributed by atoms with E-state index in [4.69, 9.17) is 9.47 Å². The topological polar surface area (TPSA) is 43.4 Å². The van der Waals surface area contributed by atoms with Crippen LogP contribution in [0.15, 0.2) is 42.5 Å². The summed E-state index contributed by atoms with van der Waals surface area (Å²) in [7, 11) is 1.69. The molecule has 0 spiro atoms. The van der Waals surface area contributed by atoms with E-state index >= 15 is 0 Å². The van der Waals surface area contributed by atoms with Crippen LogP contribution in [0.5, 0.6) is 5.75 Å². The molecule has 0 saturated carbocycles. The van der Waals surface area contributed by atoms with Gasteiger partial charge in [-0.2, -0.15) is 0 Å². The summed E-state index contributed by atoms with van der Waals surface area (Å²) in [6, 6.07) is 14.4. The normalized spacial score (nSPS) is 10.9. The van der Waals surface area contributed by atoms with Gasteiger partial charge in [0, 0.05) is 13.7 Å². The van der Waals surface area contributed by atoms with E-state index < -0.39 is 0 Å². The van der Waals surface area contributed by atoms with Crippen molar-refractivity contribution in [1.29, 1.82) is 0 Å². The van der Waals surface area contributed by atoms with Crippen molar-refractivity contribution in [2.45, 2.75) is 13.5 Å². The lowest BCUT2D eigenvalue weighted by atomic mass is 10.1. The van der Waals surface area contributed by atoms with Crippen molar-refractivity contribution in [3.8, 4) is 5.75 Å². The van der Waals surface area contributed by atoms with Crippen LogP contribution < -0.4 is 10.1 Å². The average molecular weight is 328 g/mol. The number of fused-ring (bicyclic) bond motifs is 1. The summed E-state index contributed by atoms with van der Waals surface area (Å²) < 4.78 is 12.1. The molecule has 0 amide bonds. The Bertz CT molecular complexity index is 786. The molecule has 23 heavy (non-hydrogen) atoms. The van der Waals surface area contributed by atoms with Crippen LogP contribution in [0.2, 0.25) is 0 Å². The van der Waals surface area contributed by atoms with Gasteiger partial charge in [-0.05, 0) is 30.7 Å². The van der Waals surface area contributed by atoms with Gasteiger partial charge >= 0.3 is 0 Å². The van der Waals surface area contributed by atoms with Gasteiger partial charge < -0.3 is 14.8 Å². The molecule has 5 heteroatoms. The summed E-state index contributed by atoms with van der Waals surface area (Å²) in [4.78, 5) is 4.55. The van der Waals surface area contributed by atoms with Crippen LogP contribution in [0.4, 0.5) is 5.13 Å². The number of aromatic nitrogens is 1. The van der Waals surface area contributed by atoms with Gasteiger partial charge in [0.1, 0.15) is 12.4 Å². The number of aryl methyl sites for hydroxylation is 1. The Morgan fingerprint density at radius 2 is 2.09 bits per heavy atom. The second-order valence-corrected chi connectivity index (χ2v) is 6.38. The van der Waals surface area contributed by atoms with Crippen molar-refractivity contribution < 1.29 is 9.47 Å². The molecule has 0 bridgehead atoms. The number of rotatable bonds is 7. The van der Waals surface area contributed by atoms with Gasteiger partial charge in [-0.25, -0.2) is 4.98 Å². The van der Waals surface area contributed by atoms with Crippen molar-refractivity contribution >= 4 is 26.7 Å². The number of anilines is 1. The zero-order chi connectivity index (χ0) is 16.1. The van der Waals surface area contributed by atoms with Crippen molar-refractivity contribution in [1.82, 2.24) is 4.98 Å². The van der Waals surface area contributed by atoms with Crippen molar-refractivity contribution in [2.75, 3.05) is 25.6 Å².